The summed E-state index contributed by atoms with van der Waals surface area (Å²) in [5.74, 6) is 1.29. The number of aromatic nitrogens is 4. The third kappa shape index (κ3) is 4.80. The number of rotatable bonds is 5. The minimum absolute atomic E-state index is 0.0574. The Kier molecular flexibility index (Phi) is 5.24. The van der Waals surface area contributed by atoms with Crippen LogP contribution in [0.3, 0.4) is 0 Å². The van der Waals surface area contributed by atoms with Crippen LogP contribution < -0.4 is 5.46 Å². The lowest BCUT2D eigenvalue weighted by molar-refractivity contribution is 0.00578. The molecule has 1 fully saturated rings. The Morgan fingerprint density at radius 2 is 1.07 bits per heavy atom. The van der Waals surface area contributed by atoms with Gasteiger partial charge in [0.1, 0.15) is 0 Å². The first-order chi connectivity index (χ1) is 24.7. The Balaban J connectivity index is 1.47. The molecule has 0 spiro atoms. The lowest BCUT2D eigenvalue weighted by Crippen LogP contribution is -2.41. The summed E-state index contributed by atoms with van der Waals surface area (Å²) in [5.41, 5.74) is 2.42. The quantitative estimate of drug-likeness (QED) is 0.185. The van der Waals surface area contributed by atoms with Crippen LogP contribution in [-0.4, -0.2) is 37.8 Å². The smallest absolute Gasteiger partial charge is 0.399 e. The van der Waals surface area contributed by atoms with E-state index in [0.29, 0.717) is 34.2 Å². The first-order valence-corrected chi connectivity index (χ1v) is 15.1. The number of hydrogen-bond donors (Lipinski definition) is 0. The molecule has 3 heterocycles. The van der Waals surface area contributed by atoms with Crippen molar-refractivity contribution in [2.75, 3.05) is 0 Å². The van der Waals surface area contributed by atoms with E-state index in [0.717, 1.165) is 11.1 Å². The zero-order chi connectivity index (χ0) is 36.7. The predicted octanol–water partition coefficient (Wildman–Crippen LogP) is 8.27. The maximum atomic E-state index is 9.03. The van der Waals surface area contributed by atoms with Gasteiger partial charge in [-0.05, 0) is 57.4 Å². The van der Waals surface area contributed by atoms with Gasteiger partial charge in [-0.3, -0.25) is 0 Å². The second-order valence-electron chi connectivity index (χ2n) is 12.3. The second-order valence-corrected chi connectivity index (χ2v) is 12.3. The molecule has 1 aliphatic heterocycles. The summed E-state index contributed by atoms with van der Waals surface area (Å²) in [7, 11) is -0.815. The van der Waals surface area contributed by atoms with Crippen molar-refractivity contribution in [3.8, 4) is 39.9 Å². The maximum absolute atomic E-state index is 9.03. The fourth-order valence-electron chi connectivity index (χ4n) is 5.72. The molecule has 0 radical (unpaired) electrons. The number of hydrogen-bond acceptors (Lipinski definition) is 5. The van der Waals surface area contributed by atoms with E-state index >= 15 is 0 Å². The summed E-state index contributed by atoms with van der Waals surface area (Å²) in [6, 6.07) is 26.6. The van der Waals surface area contributed by atoms with E-state index in [1.165, 1.54) is 12.1 Å². The van der Waals surface area contributed by atoms with Gasteiger partial charge in [-0.15, -0.1) is 0 Å². The average Bonchev–Trinajstić information content (AvgIpc) is 3.61. The second kappa shape index (κ2) is 10.8. The van der Waals surface area contributed by atoms with Crippen molar-refractivity contribution in [3.63, 3.8) is 0 Å². The van der Waals surface area contributed by atoms with Crippen molar-refractivity contribution in [1.29, 1.82) is 0 Å². The number of para-hydroxylation sites is 2. The highest BCUT2D eigenvalue weighted by molar-refractivity contribution is 6.62. The van der Waals surface area contributed by atoms with Crippen molar-refractivity contribution in [2.24, 2.45) is 0 Å². The molecule has 5 aromatic carbocycles. The van der Waals surface area contributed by atoms with Gasteiger partial charge in [-0.2, -0.15) is 0 Å². The minimum atomic E-state index is -0.815. The lowest BCUT2D eigenvalue weighted by atomic mass is 9.78. The fourth-order valence-corrected chi connectivity index (χ4v) is 5.72. The summed E-state index contributed by atoms with van der Waals surface area (Å²) in [5, 5.41) is 0.334. The van der Waals surface area contributed by atoms with Crippen LogP contribution in [-0.2, 0) is 9.31 Å². The van der Waals surface area contributed by atoms with Gasteiger partial charge in [0.2, 0.25) is 0 Å². The molecule has 8 rings (SSSR count). The van der Waals surface area contributed by atoms with Crippen LogP contribution in [0.25, 0.3) is 61.7 Å². The maximum Gasteiger partial charge on any atom is 0.494 e. The predicted molar refractivity (Wildman–Crippen MR) is 186 cm³/mol. The highest BCUT2D eigenvalue weighted by Crippen LogP contribution is 2.38. The first-order valence-electron chi connectivity index (χ1n) is 18.1. The number of nitrogens with zero attached hydrogens (tertiary/aromatic N) is 4. The third-order valence-electron chi connectivity index (χ3n) is 8.81. The molecule has 46 heavy (non-hydrogen) atoms. The molecule has 7 heteroatoms. The Bertz CT molecular complexity index is 2420. The van der Waals surface area contributed by atoms with Crippen molar-refractivity contribution >= 4 is 34.4 Å². The Hall–Kier alpha value is -5.11. The Labute approximate surface area is 277 Å². The average molecular weight is 607 g/mol. The van der Waals surface area contributed by atoms with Crippen molar-refractivity contribution in [3.05, 3.63) is 127 Å². The zero-order valence-corrected chi connectivity index (χ0v) is 25.8. The molecule has 0 atom stereocenters. The van der Waals surface area contributed by atoms with Gasteiger partial charge >= 0.3 is 7.12 Å². The van der Waals surface area contributed by atoms with Gasteiger partial charge < -0.3 is 13.9 Å². The van der Waals surface area contributed by atoms with Gasteiger partial charge in [0.15, 0.2) is 17.5 Å². The Morgan fingerprint density at radius 1 is 0.587 bits per heavy atom. The molecule has 7 aromatic rings. The van der Waals surface area contributed by atoms with Crippen LogP contribution in [0, 0.1) is 0 Å². The summed E-state index contributed by atoms with van der Waals surface area (Å²) in [6.07, 6.45) is 0. The van der Waals surface area contributed by atoms with Crippen molar-refractivity contribution < 1.29 is 17.5 Å². The highest BCUT2D eigenvalue weighted by Gasteiger charge is 2.51. The molecule has 0 bridgehead atoms. The molecular weight excluding hydrogens is 567 g/mol. The van der Waals surface area contributed by atoms with Crippen LogP contribution in [0.2, 0.25) is 0 Å². The van der Waals surface area contributed by atoms with E-state index in [2.05, 4.69) is 0 Å². The van der Waals surface area contributed by atoms with Crippen LogP contribution in [0.1, 0.15) is 35.9 Å². The van der Waals surface area contributed by atoms with E-state index < -0.39 is 18.3 Å². The largest absolute Gasteiger partial charge is 0.494 e. The monoisotopic (exact) mass is 606 g/mol. The molecule has 224 valence electrons. The standard InChI is InChI=1S/C39H33BN4O2/c1-38(2)39(3,4)46-40(45-38)29-23-28(24-30(25-29)44-33-21-13-11-19-31(33)32-20-12-14-22-34(32)44)37-42-35(26-15-7-5-8-16-26)41-36(43-37)27-17-9-6-10-18-27/h5-25H,1-4H3/i11D,12D,19D,20D,21D,22D. The van der Waals surface area contributed by atoms with Crippen LogP contribution >= 0.6 is 0 Å². The topological polar surface area (TPSA) is 62.1 Å². The molecule has 1 aliphatic rings. The van der Waals surface area contributed by atoms with E-state index in [1.807, 2.05) is 107 Å². The molecule has 0 aliphatic carbocycles. The molecule has 6 nitrogen and oxygen atoms in total. The Morgan fingerprint density at radius 3 is 1.57 bits per heavy atom. The number of benzene rings is 5. The number of fused-ring (bicyclic) bond motifs is 3. The van der Waals surface area contributed by atoms with Gasteiger partial charge in [-0.1, -0.05) is 103 Å². The third-order valence-corrected chi connectivity index (χ3v) is 8.81. The van der Waals surface area contributed by atoms with E-state index in [9.17, 15) is 0 Å². The van der Waals surface area contributed by atoms with Gasteiger partial charge in [0.05, 0.1) is 30.5 Å². The zero-order valence-electron chi connectivity index (χ0n) is 31.8. The molecule has 0 unspecified atom stereocenters. The van der Waals surface area contributed by atoms with E-state index in [-0.39, 0.29) is 58.1 Å². The molecule has 0 N–H and O–H groups in total. The molecule has 0 saturated carbocycles. The summed E-state index contributed by atoms with van der Waals surface area (Å²) >= 11 is 0. The van der Waals surface area contributed by atoms with Crippen molar-refractivity contribution in [1.82, 2.24) is 19.5 Å². The van der Waals surface area contributed by atoms with Crippen LogP contribution in [0.5, 0.6) is 0 Å². The fraction of sp³-hybridized carbons (Fsp3) is 0.154. The van der Waals surface area contributed by atoms with Gasteiger partial charge in [0, 0.05) is 33.2 Å². The van der Waals surface area contributed by atoms with Gasteiger partial charge in [-0.25, -0.2) is 15.0 Å². The molecule has 1 saturated heterocycles. The normalized spacial score (nSPS) is 17.3. The molecule has 0 amide bonds. The van der Waals surface area contributed by atoms with Gasteiger partial charge in [0.25, 0.3) is 0 Å². The molecular formula is C39H33BN4O2. The lowest BCUT2D eigenvalue weighted by Gasteiger charge is -2.32. The molecule has 2 aromatic heterocycles. The summed E-state index contributed by atoms with van der Waals surface area (Å²) in [6.45, 7) is 7.87. The van der Waals surface area contributed by atoms with Crippen LogP contribution in [0.15, 0.2) is 127 Å². The SMILES string of the molecule is [2H]c1cc([2H])c2c(c1[2H])c1c([2H])c([2H])cc([2H])c1n2-c1cc(B2OC(C)(C)C(C)(C)O2)cc(-c2nc(-c3ccccc3)nc(-c3ccccc3)n2)c1. The minimum Gasteiger partial charge on any atom is -0.399 e. The summed E-state index contributed by atoms with van der Waals surface area (Å²) in [4.78, 5) is 14.8. The summed E-state index contributed by atoms with van der Waals surface area (Å²) < 4.78 is 67.4. The van der Waals surface area contributed by atoms with E-state index in [1.54, 1.807) is 4.57 Å². The van der Waals surface area contributed by atoms with Crippen LogP contribution in [0.4, 0.5) is 0 Å². The van der Waals surface area contributed by atoms with Crippen molar-refractivity contribution in [2.45, 2.75) is 38.9 Å². The highest BCUT2D eigenvalue weighted by atomic mass is 16.7. The first kappa shape index (κ1) is 22.4. The van der Waals surface area contributed by atoms with E-state index in [4.69, 9.17) is 32.5 Å².